The second-order valence-corrected chi connectivity index (χ2v) is 4.64. The summed E-state index contributed by atoms with van der Waals surface area (Å²) in [4.78, 5) is 0. The number of rotatable bonds is 2. The smallest absolute Gasteiger partial charge is 0.159 e. The monoisotopic (exact) mass is 258 g/mol. The predicted molar refractivity (Wildman–Crippen MR) is 69.9 cm³/mol. The second-order valence-electron chi connectivity index (χ2n) is 4.64. The fourth-order valence-corrected chi connectivity index (χ4v) is 2.10. The first-order chi connectivity index (χ1) is 9.11. The standard InChI is InChI=1S/C15H12F2N2/c1-10-2-5-15-12(6-10)9-19(18-15)8-11-3-4-13(16)14(17)7-11/h2-7,9H,8H2,1H3. The van der Waals surface area contributed by atoms with Gasteiger partial charge < -0.3 is 0 Å². The molecule has 0 saturated carbocycles. The molecule has 0 amide bonds. The number of nitrogens with zero attached hydrogens (tertiary/aromatic N) is 2. The summed E-state index contributed by atoms with van der Waals surface area (Å²) in [5.74, 6) is -1.66. The van der Waals surface area contributed by atoms with E-state index < -0.39 is 11.6 Å². The van der Waals surface area contributed by atoms with Gasteiger partial charge in [-0.25, -0.2) is 8.78 Å². The molecule has 2 nitrogen and oxygen atoms in total. The number of hydrogen-bond donors (Lipinski definition) is 0. The highest BCUT2D eigenvalue weighted by atomic mass is 19.2. The third-order valence-electron chi connectivity index (χ3n) is 3.04. The molecule has 0 unspecified atom stereocenters. The molecule has 0 aliphatic rings. The molecule has 3 rings (SSSR count). The Hall–Kier alpha value is -2.23. The van der Waals surface area contributed by atoms with E-state index in [0.29, 0.717) is 12.1 Å². The Balaban J connectivity index is 1.94. The van der Waals surface area contributed by atoms with Crippen LogP contribution in [-0.4, -0.2) is 9.78 Å². The van der Waals surface area contributed by atoms with E-state index in [4.69, 9.17) is 0 Å². The Morgan fingerprint density at radius 2 is 1.89 bits per heavy atom. The third-order valence-corrected chi connectivity index (χ3v) is 3.04. The minimum Gasteiger partial charge on any atom is -0.267 e. The maximum absolute atomic E-state index is 13.1. The third kappa shape index (κ3) is 2.34. The number of benzene rings is 2. The minimum atomic E-state index is -0.829. The molecule has 0 aliphatic heterocycles. The van der Waals surface area contributed by atoms with Crippen molar-refractivity contribution in [2.75, 3.05) is 0 Å². The zero-order valence-electron chi connectivity index (χ0n) is 10.4. The average molecular weight is 258 g/mol. The van der Waals surface area contributed by atoms with Crippen LogP contribution in [0.15, 0.2) is 42.6 Å². The summed E-state index contributed by atoms with van der Waals surface area (Å²) in [7, 11) is 0. The molecule has 0 aliphatic carbocycles. The van der Waals surface area contributed by atoms with Gasteiger partial charge in [0.2, 0.25) is 0 Å². The summed E-state index contributed by atoms with van der Waals surface area (Å²) in [6.07, 6.45) is 1.91. The highest BCUT2D eigenvalue weighted by Gasteiger charge is 2.05. The fourth-order valence-electron chi connectivity index (χ4n) is 2.10. The fraction of sp³-hybridized carbons (Fsp3) is 0.133. The van der Waals surface area contributed by atoms with Crippen LogP contribution >= 0.6 is 0 Å². The van der Waals surface area contributed by atoms with Crippen LogP contribution in [0.25, 0.3) is 10.9 Å². The Kier molecular flexibility index (Phi) is 2.78. The van der Waals surface area contributed by atoms with Crippen molar-refractivity contribution in [2.45, 2.75) is 13.5 Å². The molecule has 0 atom stereocenters. The van der Waals surface area contributed by atoms with Crippen LogP contribution in [0.2, 0.25) is 0 Å². The quantitative estimate of drug-likeness (QED) is 0.685. The van der Waals surface area contributed by atoms with Gasteiger partial charge in [0, 0.05) is 11.6 Å². The van der Waals surface area contributed by atoms with Gasteiger partial charge in [0.25, 0.3) is 0 Å². The number of halogens is 2. The minimum absolute atomic E-state index is 0.422. The largest absolute Gasteiger partial charge is 0.267 e. The summed E-state index contributed by atoms with van der Waals surface area (Å²) < 4.78 is 27.7. The van der Waals surface area contributed by atoms with Crippen molar-refractivity contribution in [2.24, 2.45) is 0 Å². The second kappa shape index (κ2) is 4.46. The van der Waals surface area contributed by atoms with E-state index in [9.17, 15) is 8.78 Å². The van der Waals surface area contributed by atoms with Crippen molar-refractivity contribution in [3.63, 3.8) is 0 Å². The van der Waals surface area contributed by atoms with Gasteiger partial charge in [-0.1, -0.05) is 17.7 Å². The van der Waals surface area contributed by atoms with E-state index in [0.717, 1.165) is 17.0 Å². The van der Waals surface area contributed by atoms with Gasteiger partial charge in [0.05, 0.1) is 12.1 Å². The molecular weight excluding hydrogens is 246 g/mol. The van der Waals surface area contributed by atoms with Crippen LogP contribution in [0.4, 0.5) is 8.78 Å². The molecule has 2 aromatic carbocycles. The van der Waals surface area contributed by atoms with Crippen molar-refractivity contribution in [3.05, 3.63) is 65.4 Å². The van der Waals surface area contributed by atoms with E-state index in [-0.39, 0.29) is 0 Å². The molecule has 96 valence electrons. The molecule has 0 spiro atoms. The molecule has 0 radical (unpaired) electrons. The number of aromatic nitrogens is 2. The van der Waals surface area contributed by atoms with Gasteiger partial charge in [-0.05, 0) is 36.8 Å². The first-order valence-electron chi connectivity index (χ1n) is 5.99. The summed E-state index contributed by atoms with van der Waals surface area (Å²) >= 11 is 0. The molecular formula is C15H12F2N2. The van der Waals surface area contributed by atoms with E-state index >= 15 is 0 Å². The van der Waals surface area contributed by atoms with E-state index in [1.165, 1.54) is 11.6 Å². The van der Waals surface area contributed by atoms with Gasteiger partial charge in [0.15, 0.2) is 11.6 Å². The number of hydrogen-bond acceptors (Lipinski definition) is 1. The van der Waals surface area contributed by atoms with Crippen molar-refractivity contribution < 1.29 is 8.78 Å². The van der Waals surface area contributed by atoms with Crippen molar-refractivity contribution in [1.82, 2.24) is 9.78 Å². The van der Waals surface area contributed by atoms with Gasteiger partial charge in [-0.15, -0.1) is 0 Å². The van der Waals surface area contributed by atoms with Crippen LogP contribution in [-0.2, 0) is 6.54 Å². The molecule has 0 N–H and O–H groups in total. The maximum atomic E-state index is 13.1. The zero-order chi connectivity index (χ0) is 13.4. The molecule has 1 heterocycles. The molecule has 3 aromatic rings. The summed E-state index contributed by atoms with van der Waals surface area (Å²) in [5, 5.41) is 5.45. The number of aryl methyl sites for hydroxylation is 1. The Labute approximate surface area is 109 Å². The molecule has 0 bridgehead atoms. The zero-order valence-corrected chi connectivity index (χ0v) is 10.4. The van der Waals surface area contributed by atoms with Crippen LogP contribution in [0.5, 0.6) is 0 Å². The molecule has 4 heteroatoms. The van der Waals surface area contributed by atoms with E-state index in [2.05, 4.69) is 5.10 Å². The highest BCUT2D eigenvalue weighted by molar-refractivity contribution is 5.78. The van der Waals surface area contributed by atoms with Gasteiger partial charge >= 0.3 is 0 Å². The molecule has 0 fully saturated rings. The lowest BCUT2D eigenvalue weighted by Gasteiger charge is -2.02. The molecule has 0 saturated heterocycles. The lowest BCUT2D eigenvalue weighted by atomic mass is 10.2. The highest BCUT2D eigenvalue weighted by Crippen LogP contribution is 2.16. The first kappa shape index (κ1) is 11.8. The predicted octanol–water partition coefficient (Wildman–Crippen LogP) is 3.67. The summed E-state index contributed by atoms with van der Waals surface area (Å²) in [5.41, 5.74) is 2.75. The topological polar surface area (TPSA) is 17.8 Å². The first-order valence-corrected chi connectivity index (χ1v) is 5.99. The summed E-state index contributed by atoms with van der Waals surface area (Å²) in [6.45, 7) is 2.44. The van der Waals surface area contributed by atoms with E-state index in [1.54, 1.807) is 10.7 Å². The van der Waals surface area contributed by atoms with Crippen LogP contribution in [0.1, 0.15) is 11.1 Å². The van der Waals surface area contributed by atoms with Gasteiger partial charge in [0.1, 0.15) is 0 Å². The lowest BCUT2D eigenvalue weighted by molar-refractivity contribution is 0.506. The average Bonchev–Trinajstić information content (AvgIpc) is 2.75. The molecule has 1 aromatic heterocycles. The normalized spacial score (nSPS) is 11.1. The SMILES string of the molecule is Cc1ccc2nn(Cc3ccc(F)c(F)c3)cc2c1. The van der Waals surface area contributed by atoms with Crippen LogP contribution in [0.3, 0.4) is 0 Å². The van der Waals surface area contributed by atoms with Gasteiger partial charge in [-0.3, -0.25) is 4.68 Å². The van der Waals surface area contributed by atoms with Gasteiger partial charge in [-0.2, -0.15) is 5.10 Å². The van der Waals surface area contributed by atoms with E-state index in [1.807, 2.05) is 31.3 Å². The van der Waals surface area contributed by atoms with Crippen LogP contribution in [0, 0.1) is 18.6 Å². The molecule has 19 heavy (non-hydrogen) atoms. The van der Waals surface area contributed by atoms with Crippen LogP contribution < -0.4 is 0 Å². The summed E-state index contributed by atoms with van der Waals surface area (Å²) in [6, 6.07) is 9.90. The Morgan fingerprint density at radius 1 is 1.05 bits per heavy atom. The Morgan fingerprint density at radius 3 is 2.68 bits per heavy atom. The number of fused-ring (bicyclic) bond motifs is 1. The maximum Gasteiger partial charge on any atom is 0.159 e. The Bertz CT molecular complexity index is 747. The van der Waals surface area contributed by atoms with Crippen molar-refractivity contribution in [1.29, 1.82) is 0 Å². The lowest BCUT2D eigenvalue weighted by Crippen LogP contribution is -2.00. The van der Waals surface area contributed by atoms with Crippen molar-refractivity contribution >= 4 is 10.9 Å². The van der Waals surface area contributed by atoms with Crippen molar-refractivity contribution in [3.8, 4) is 0 Å².